The lowest BCUT2D eigenvalue weighted by Gasteiger charge is -2.35. The zero-order chi connectivity index (χ0) is 13.0. The van der Waals surface area contributed by atoms with Gasteiger partial charge in [-0.15, -0.1) is 0 Å². The molecule has 0 aliphatic carbocycles. The fraction of sp³-hybridized carbons (Fsp3) is 0.818. The van der Waals surface area contributed by atoms with Gasteiger partial charge in [0.1, 0.15) is 0 Å². The molecule has 1 aliphatic rings. The molecule has 1 aliphatic heterocycles. The molecule has 1 aromatic rings. The molecule has 0 radical (unpaired) electrons. The number of anilines is 2. The monoisotopic (exact) mass is 272 g/mol. The van der Waals surface area contributed by atoms with Crippen molar-refractivity contribution in [2.75, 3.05) is 50.7 Å². The first-order valence-corrected chi connectivity index (χ1v) is 6.86. The maximum Gasteiger partial charge on any atom is 0.238 e. The summed E-state index contributed by atoms with van der Waals surface area (Å²) in [4.78, 5) is 6.24. The summed E-state index contributed by atoms with van der Waals surface area (Å²) in [6.45, 7) is 2.35. The maximum absolute atomic E-state index is 9.58. The molecule has 0 unspecified atom stereocenters. The molecule has 1 fully saturated rings. The summed E-state index contributed by atoms with van der Waals surface area (Å²) in [5.74, 6) is 0.715. The second-order valence-electron chi connectivity index (χ2n) is 4.92. The summed E-state index contributed by atoms with van der Waals surface area (Å²) in [5.41, 5.74) is -0.0812. The Morgan fingerprint density at radius 1 is 1.44 bits per heavy atom. The van der Waals surface area contributed by atoms with E-state index in [4.69, 9.17) is 4.74 Å². The van der Waals surface area contributed by atoms with E-state index in [1.165, 1.54) is 11.5 Å². The second-order valence-corrected chi connectivity index (χ2v) is 5.67. The molecular formula is C11H20N4O2S. The summed E-state index contributed by atoms with van der Waals surface area (Å²) in [6, 6.07) is 0. The number of aliphatic hydroxyl groups excluding tert-OH is 1. The summed E-state index contributed by atoms with van der Waals surface area (Å²) in [7, 11) is 3.83. The SMILES string of the molecule is CN(C)c1nsc(NCC2(CO)CCOCC2)n1. The van der Waals surface area contributed by atoms with Gasteiger partial charge in [0.15, 0.2) is 0 Å². The highest BCUT2D eigenvalue weighted by molar-refractivity contribution is 7.09. The van der Waals surface area contributed by atoms with Crippen LogP contribution in [-0.2, 0) is 4.74 Å². The summed E-state index contributed by atoms with van der Waals surface area (Å²) in [5, 5.41) is 13.7. The summed E-state index contributed by atoms with van der Waals surface area (Å²) < 4.78 is 9.58. The van der Waals surface area contributed by atoms with Gasteiger partial charge in [-0.3, -0.25) is 0 Å². The quantitative estimate of drug-likeness (QED) is 0.826. The van der Waals surface area contributed by atoms with Crippen LogP contribution in [-0.4, -0.2) is 54.9 Å². The third-order valence-electron chi connectivity index (χ3n) is 3.32. The lowest BCUT2D eigenvalue weighted by atomic mass is 9.81. The minimum atomic E-state index is -0.0812. The number of nitrogens with one attached hydrogen (secondary N) is 1. The van der Waals surface area contributed by atoms with Crippen LogP contribution in [0.1, 0.15) is 12.8 Å². The molecule has 0 bridgehead atoms. The van der Waals surface area contributed by atoms with E-state index in [1.807, 2.05) is 19.0 Å². The fourth-order valence-corrected chi connectivity index (χ4v) is 2.56. The highest BCUT2D eigenvalue weighted by atomic mass is 32.1. The van der Waals surface area contributed by atoms with Gasteiger partial charge < -0.3 is 20.1 Å². The Morgan fingerprint density at radius 2 is 2.17 bits per heavy atom. The molecule has 0 saturated carbocycles. The zero-order valence-corrected chi connectivity index (χ0v) is 11.7. The highest BCUT2D eigenvalue weighted by Crippen LogP contribution is 2.30. The van der Waals surface area contributed by atoms with Crippen molar-refractivity contribution in [3.8, 4) is 0 Å². The number of hydrogen-bond acceptors (Lipinski definition) is 7. The van der Waals surface area contributed by atoms with E-state index < -0.39 is 0 Å². The first-order chi connectivity index (χ1) is 8.65. The van der Waals surface area contributed by atoms with Gasteiger partial charge in [0.05, 0.1) is 6.61 Å². The molecule has 2 heterocycles. The van der Waals surface area contributed by atoms with Gasteiger partial charge in [-0.05, 0) is 12.8 Å². The molecule has 18 heavy (non-hydrogen) atoms. The van der Waals surface area contributed by atoms with Crippen LogP contribution in [0.2, 0.25) is 0 Å². The smallest absolute Gasteiger partial charge is 0.238 e. The highest BCUT2D eigenvalue weighted by Gasteiger charge is 2.32. The van der Waals surface area contributed by atoms with Crippen molar-refractivity contribution < 1.29 is 9.84 Å². The van der Waals surface area contributed by atoms with E-state index in [2.05, 4.69) is 14.7 Å². The van der Waals surface area contributed by atoms with Crippen LogP contribution in [0.15, 0.2) is 0 Å². The van der Waals surface area contributed by atoms with Crippen molar-refractivity contribution in [2.45, 2.75) is 12.8 Å². The molecule has 6 nitrogen and oxygen atoms in total. The molecule has 0 spiro atoms. The molecule has 0 amide bonds. The first-order valence-electron chi connectivity index (χ1n) is 6.09. The van der Waals surface area contributed by atoms with Gasteiger partial charge in [-0.1, -0.05) is 0 Å². The average molecular weight is 272 g/mol. The van der Waals surface area contributed by atoms with Crippen LogP contribution in [0, 0.1) is 5.41 Å². The van der Waals surface area contributed by atoms with Crippen molar-refractivity contribution in [1.29, 1.82) is 0 Å². The van der Waals surface area contributed by atoms with Crippen molar-refractivity contribution in [2.24, 2.45) is 5.41 Å². The molecular weight excluding hydrogens is 252 g/mol. The van der Waals surface area contributed by atoms with Gasteiger partial charge in [0.25, 0.3) is 0 Å². The van der Waals surface area contributed by atoms with E-state index in [0.717, 1.165) is 37.7 Å². The largest absolute Gasteiger partial charge is 0.396 e. The summed E-state index contributed by atoms with van der Waals surface area (Å²) >= 11 is 1.35. The van der Waals surface area contributed by atoms with Gasteiger partial charge in [0, 0.05) is 50.8 Å². The van der Waals surface area contributed by atoms with Crippen LogP contribution in [0.3, 0.4) is 0 Å². The van der Waals surface area contributed by atoms with Crippen molar-refractivity contribution in [1.82, 2.24) is 9.36 Å². The number of rotatable bonds is 5. The third kappa shape index (κ3) is 3.09. The third-order valence-corrected chi connectivity index (χ3v) is 3.98. The molecule has 2 N–H and O–H groups in total. The van der Waals surface area contributed by atoms with Crippen LogP contribution >= 0.6 is 11.5 Å². The van der Waals surface area contributed by atoms with Crippen LogP contribution in [0.5, 0.6) is 0 Å². The molecule has 102 valence electrons. The first kappa shape index (κ1) is 13.5. The molecule has 2 rings (SSSR count). The Bertz CT molecular complexity index is 377. The lowest BCUT2D eigenvalue weighted by Crippen LogP contribution is -2.39. The standard InChI is InChI=1S/C11H20N4O2S/c1-15(2)9-13-10(18-14-9)12-7-11(8-16)3-5-17-6-4-11/h16H,3-8H2,1-2H3,(H,12,13,14). The van der Waals surface area contributed by atoms with Gasteiger partial charge in [0.2, 0.25) is 11.1 Å². The predicted octanol–water partition coefficient (Wildman–Crippen LogP) is 0.805. The molecule has 1 saturated heterocycles. The molecule has 1 aromatic heterocycles. The topological polar surface area (TPSA) is 70.5 Å². The lowest BCUT2D eigenvalue weighted by molar-refractivity contribution is -0.00858. The van der Waals surface area contributed by atoms with Crippen LogP contribution in [0.4, 0.5) is 11.1 Å². The van der Waals surface area contributed by atoms with Gasteiger partial charge in [-0.25, -0.2) is 0 Å². The maximum atomic E-state index is 9.58. The van der Waals surface area contributed by atoms with Crippen molar-refractivity contribution in [3.63, 3.8) is 0 Å². The van der Waals surface area contributed by atoms with Crippen LogP contribution < -0.4 is 10.2 Å². The average Bonchev–Trinajstić information content (AvgIpc) is 2.87. The Labute approximate surface area is 111 Å². The Morgan fingerprint density at radius 3 is 2.72 bits per heavy atom. The molecule has 7 heteroatoms. The Hall–Kier alpha value is -0.920. The Kier molecular flexibility index (Phi) is 4.36. The number of nitrogens with zero attached hydrogens (tertiary/aromatic N) is 3. The Balaban J connectivity index is 1.92. The van der Waals surface area contributed by atoms with E-state index in [1.54, 1.807) is 0 Å². The number of ether oxygens (including phenoxy) is 1. The zero-order valence-electron chi connectivity index (χ0n) is 10.8. The minimum absolute atomic E-state index is 0.0812. The molecule has 0 atom stereocenters. The van der Waals surface area contributed by atoms with Crippen molar-refractivity contribution in [3.05, 3.63) is 0 Å². The second kappa shape index (κ2) is 5.81. The summed E-state index contributed by atoms with van der Waals surface area (Å²) in [6.07, 6.45) is 1.77. The van der Waals surface area contributed by atoms with Gasteiger partial charge in [-0.2, -0.15) is 9.36 Å². The van der Waals surface area contributed by atoms with E-state index >= 15 is 0 Å². The van der Waals surface area contributed by atoms with Gasteiger partial charge >= 0.3 is 0 Å². The van der Waals surface area contributed by atoms with Crippen LogP contribution in [0.25, 0.3) is 0 Å². The fourth-order valence-electron chi connectivity index (χ4n) is 1.93. The predicted molar refractivity (Wildman–Crippen MR) is 72.3 cm³/mol. The van der Waals surface area contributed by atoms with E-state index in [0.29, 0.717) is 5.95 Å². The molecule has 0 aromatic carbocycles. The number of aliphatic hydroxyl groups is 1. The van der Waals surface area contributed by atoms with E-state index in [9.17, 15) is 5.11 Å². The normalized spacial score (nSPS) is 18.6. The minimum Gasteiger partial charge on any atom is -0.396 e. The van der Waals surface area contributed by atoms with Crippen molar-refractivity contribution >= 4 is 22.6 Å². The van der Waals surface area contributed by atoms with E-state index in [-0.39, 0.29) is 12.0 Å². The number of aromatic nitrogens is 2. The number of hydrogen-bond donors (Lipinski definition) is 2.